The van der Waals surface area contributed by atoms with Gasteiger partial charge in [-0.3, -0.25) is 4.90 Å². The van der Waals surface area contributed by atoms with Crippen molar-refractivity contribution in [2.75, 3.05) is 19.7 Å². The molecule has 3 nitrogen and oxygen atoms in total. The number of hydrogen-bond acceptors (Lipinski definition) is 3. The van der Waals surface area contributed by atoms with Crippen LogP contribution in [0.15, 0.2) is 0 Å². The molecule has 0 N–H and O–H groups in total. The van der Waals surface area contributed by atoms with E-state index >= 15 is 0 Å². The molecule has 1 aliphatic heterocycles. The first-order valence-electron chi connectivity index (χ1n) is 3.57. The van der Waals surface area contributed by atoms with Gasteiger partial charge < -0.3 is 4.74 Å². The molecule has 10 heavy (non-hydrogen) atoms. The summed E-state index contributed by atoms with van der Waals surface area (Å²) >= 11 is 0. The highest BCUT2D eigenvalue weighted by Gasteiger charge is 2.19. The van der Waals surface area contributed by atoms with Gasteiger partial charge in [0.2, 0.25) is 0 Å². The summed E-state index contributed by atoms with van der Waals surface area (Å²) in [6, 6.07) is 2.12. The first-order chi connectivity index (χ1) is 4.84. The molecule has 0 aliphatic carbocycles. The zero-order valence-corrected chi connectivity index (χ0v) is 6.21. The van der Waals surface area contributed by atoms with Crippen molar-refractivity contribution in [3.63, 3.8) is 0 Å². The fraction of sp³-hybridized carbons (Fsp3) is 0.857. The van der Waals surface area contributed by atoms with Crippen molar-refractivity contribution in [1.29, 1.82) is 5.26 Å². The minimum Gasteiger partial charge on any atom is -0.362 e. The average Bonchev–Trinajstić information content (AvgIpc) is 2.31. The predicted molar refractivity (Wildman–Crippen MR) is 37.2 cm³/mol. The van der Waals surface area contributed by atoms with Crippen LogP contribution in [0.5, 0.6) is 0 Å². The molecule has 1 atom stereocenters. The Hall–Kier alpha value is -0.590. The third-order valence-corrected chi connectivity index (χ3v) is 1.76. The maximum Gasteiger partial charge on any atom is 0.107 e. The van der Waals surface area contributed by atoms with Crippen molar-refractivity contribution in [2.24, 2.45) is 0 Å². The van der Waals surface area contributed by atoms with Gasteiger partial charge in [-0.25, -0.2) is 0 Å². The van der Waals surface area contributed by atoms with Crippen LogP contribution in [0.4, 0.5) is 0 Å². The zero-order valence-electron chi connectivity index (χ0n) is 6.21. The van der Waals surface area contributed by atoms with Crippen LogP contribution < -0.4 is 0 Å². The molecule has 0 amide bonds. The Morgan fingerprint density at radius 1 is 1.80 bits per heavy atom. The Morgan fingerprint density at radius 3 is 3.10 bits per heavy atom. The van der Waals surface area contributed by atoms with Crippen molar-refractivity contribution < 1.29 is 4.74 Å². The fourth-order valence-corrected chi connectivity index (χ4v) is 1.11. The number of nitriles is 1. The lowest BCUT2D eigenvalue weighted by Crippen LogP contribution is -2.28. The topological polar surface area (TPSA) is 36.3 Å². The quantitative estimate of drug-likeness (QED) is 0.563. The van der Waals surface area contributed by atoms with E-state index < -0.39 is 0 Å². The van der Waals surface area contributed by atoms with Crippen LogP contribution in [0.3, 0.4) is 0 Å². The van der Waals surface area contributed by atoms with Gasteiger partial charge >= 0.3 is 0 Å². The highest BCUT2D eigenvalue weighted by atomic mass is 16.5. The molecule has 0 spiro atoms. The number of nitrogens with zero attached hydrogens (tertiary/aromatic N) is 2. The minimum atomic E-state index is 0.216. The SMILES string of the molecule is CC1OCCN1CCC#N. The van der Waals surface area contributed by atoms with Gasteiger partial charge in [0.15, 0.2) is 0 Å². The van der Waals surface area contributed by atoms with Crippen molar-refractivity contribution in [3.05, 3.63) is 0 Å². The Balaban J connectivity index is 2.21. The molecule has 0 saturated carbocycles. The predicted octanol–water partition coefficient (Wildman–Crippen LogP) is 0.578. The van der Waals surface area contributed by atoms with E-state index in [1.54, 1.807) is 0 Å². The van der Waals surface area contributed by atoms with E-state index in [4.69, 9.17) is 10.00 Å². The third kappa shape index (κ3) is 1.69. The molecule has 0 aromatic heterocycles. The van der Waals surface area contributed by atoms with E-state index in [9.17, 15) is 0 Å². The van der Waals surface area contributed by atoms with E-state index in [0.717, 1.165) is 19.7 Å². The Kier molecular flexibility index (Phi) is 2.67. The van der Waals surface area contributed by atoms with Gasteiger partial charge in [-0.05, 0) is 6.92 Å². The summed E-state index contributed by atoms with van der Waals surface area (Å²) in [5.74, 6) is 0. The molecule has 1 fully saturated rings. The van der Waals surface area contributed by atoms with Crippen LogP contribution in [0.2, 0.25) is 0 Å². The third-order valence-electron chi connectivity index (χ3n) is 1.76. The van der Waals surface area contributed by atoms with Crippen LogP contribution in [0.1, 0.15) is 13.3 Å². The van der Waals surface area contributed by atoms with Crippen molar-refractivity contribution in [1.82, 2.24) is 4.90 Å². The standard InChI is InChI=1S/C7H12N2O/c1-7-9(4-2-3-8)5-6-10-7/h7H,2,4-6H2,1H3. The lowest BCUT2D eigenvalue weighted by atomic mass is 10.4. The second-order valence-corrected chi connectivity index (χ2v) is 2.41. The summed E-state index contributed by atoms with van der Waals surface area (Å²) in [5, 5.41) is 8.30. The van der Waals surface area contributed by atoms with Gasteiger partial charge in [0.1, 0.15) is 6.23 Å². The van der Waals surface area contributed by atoms with Gasteiger partial charge in [-0.15, -0.1) is 0 Å². The molecule has 1 saturated heterocycles. The first kappa shape index (κ1) is 7.52. The monoisotopic (exact) mass is 140 g/mol. The van der Waals surface area contributed by atoms with E-state index in [1.165, 1.54) is 0 Å². The van der Waals surface area contributed by atoms with E-state index in [0.29, 0.717) is 6.42 Å². The molecule has 0 aromatic rings. The summed E-state index contributed by atoms with van der Waals surface area (Å²) in [4.78, 5) is 2.17. The summed E-state index contributed by atoms with van der Waals surface area (Å²) in [6.07, 6.45) is 0.821. The molecule has 1 aliphatic rings. The lowest BCUT2D eigenvalue weighted by molar-refractivity contribution is 0.0508. The average molecular weight is 140 g/mol. The second-order valence-electron chi connectivity index (χ2n) is 2.41. The fourth-order valence-electron chi connectivity index (χ4n) is 1.11. The maximum atomic E-state index is 8.30. The Labute approximate surface area is 61.2 Å². The zero-order chi connectivity index (χ0) is 7.40. The van der Waals surface area contributed by atoms with Crippen molar-refractivity contribution in [2.45, 2.75) is 19.6 Å². The maximum absolute atomic E-state index is 8.30. The molecule has 0 radical (unpaired) electrons. The number of ether oxygens (including phenoxy) is 1. The Morgan fingerprint density at radius 2 is 2.60 bits per heavy atom. The molecular weight excluding hydrogens is 128 g/mol. The molecule has 1 heterocycles. The smallest absolute Gasteiger partial charge is 0.107 e. The van der Waals surface area contributed by atoms with E-state index in [2.05, 4.69) is 11.0 Å². The van der Waals surface area contributed by atoms with Crippen LogP contribution in [0, 0.1) is 11.3 Å². The van der Waals surface area contributed by atoms with E-state index in [1.807, 2.05) is 6.92 Å². The minimum absolute atomic E-state index is 0.216. The molecular formula is C7H12N2O. The largest absolute Gasteiger partial charge is 0.362 e. The molecule has 0 bridgehead atoms. The van der Waals surface area contributed by atoms with Crippen molar-refractivity contribution in [3.8, 4) is 6.07 Å². The number of rotatable bonds is 2. The highest BCUT2D eigenvalue weighted by Crippen LogP contribution is 2.08. The summed E-state index contributed by atoms with van der Waals surface area (Å²) in [6.45, 7) is 4.65. The highest BCUT2D eigenvalue weighted by molar-refractivity contribution is 4.74. The molecule has 0 aromatic carbocycles. The van der Waals surface area contributed by atoms with Gasteiger partial charge in [0.25, 0.3) is 0 Å². The van der Waals surface area contributed by atoms with Gasteiger partial charge in [0.05, 0.1) is 12.7 Å². The first-order valence-corrected chi connectivity index (χ1v) is 3.57. The van der Waals surface area contributed by atoms with Crippen LogP contribution in [0.25, 0.3) is 0 Å². The van der Waals surface area contributed by atoms with E-state index in [-0.39, 0.29) is 6.23 Å². The van der Waals surface area contributed by atoms with Crippen LogP contribution in [-0.2, 0) is 4.74 Å². The Bertz CT molecular complexity index is 141. The second kappa shape index (κ2) is 3.55. The van der Waals surface area contributed by atoms with Gasteiger partial charge in [-0.1, -0.05) is 0 Å². The van der Waals surface area contributed by atoms with Crippen LogP contribution >= 0.6 is 0 Å². The van der Waals surface area contributed by atoms with Crippen LogP contribution in [-0.4, -0.2) is 30.8 Å². The van der Waals surface area contributed by atoms with Gasteiger partial charge in [0, 0.05) is 19.5 Å². The van der Waals surface area contributed by atoms with Crippen molar-refractivity contribution >= 4 is 0 Å². The van der Waals surface area contributed by atoms with Gasteiger partial charge in [-0.2, -0.15) is 5.26 Å². The summed E-state index contributed by atoms with van der Waals surface area (Å²) in [5.41, 5.74) is 0. The molecule has 56 valence electrons. The lowest BCUT2D eigenvalue weighted by Gasteiger charge is -2.16. The number of hydrogen-bond donors (Lipinski definition) is 0. The summed E-state index contributed by atoms with van der Waals surface area (Å²) < 4.78 is 5.28. The molecule has 1 unspecified atom stereocenters. The normalized spacial score (nSPS) is 26.6. The summed E-state index contributed by atoms with van der Waals surface area (Å²) in [7, 11) is 0. The molecule has 1 rings (SSSR count). The molecule has 3 heteroatoms.